The molecule has 17 rings (SSSR count). The fourth-order valence-corrected chi connectivity index (χ4v) is 12.8. The van der Waals surface area contributed by atoms with Crippen molar-refractivity contribution in [1.82, 2.24) is 9.97 Å². The molecule has 12 aromatic carbocycles. The van der Waals surface area contributed by atoms with Gasteiger partial charge in [-0.2, -0.15) is 0 Å². The first-order chi connectivity index (χ1) is 41.1. The van der Waals surface area contributed by atoms with E-state index < -0.39 is 5.41 Å². The predicted octanol–water partition coefficient (Wildman–Crippen LogP) is 20.4. The van der Waals surface area contributed by atoms with Gasteiger partial charge in [0.2, 0.25) is 11.8 Å². The van der Waals surface area contributed by atoms with Crippen LogP contribution in [-0.4, -0.2) is 9.97 Å². The molecule has 4 heterocycles. The van der Waals surface area contributed by atoms with Gasteiger partial charge in [-0.25, -0.2) is 9.97 Å². The highest BCUT2D eigenvalue weighted by molar-refractivity contribution is 6.07. The Hall–Kier alpha value is -11.2. The number of rotatable bonds is 10. The van der Waals surface area contributed by atoms with Gasteiger partial charge < -0.3 is 27.5 Å². The minimum absolute atomic E-state index is 0.573. The average Bonchev–Trinajstić information content (AvgIpc) is 1.84. The van der Waals surface area contributed by atoms with E-state index in [1.54, 1.807) is 0 Å². The van der Waals surface area contributed by atoms with E-state index in [0.717, 1.165) is 145 Å². The van der Waals surface area contributed by atoms with Crippen molar-refractivity contribution < 1.29 is 17.7 Å². The molecule has 0 aliphatic heterocycles. The van der Waals surface area contributed by atoms with E-state index in [1.165, 1.54) is 0 Å². The third-order valence-corrected chi connectivity index (χ3v) is 16.6. The summed E-state index contributed by atoms with van der Waals surface area (Å²) in [7, 11) is 0. The van der Waals surface area contributed by atoms with Crippen molar-refractivity contribution in [1.29, 1.82) is 0 Å². The SMILES string of the molecule is c1ccc(C2(c3ccccc3)c3cc(N(c4ccc(-c5nc6ccccc6o5)cc4)c4ccc5c(c4)oc4ccccc45)ccc3-c3ccc(N(c4ccc(-c5nc6ccccc6o5)cc4)c4ccc5c(c4)oc4ccccc45)cc32)cc1. The molecule has 0 atom stereocenters. The van der Waals surface area contributed by atoms with Gasteiger partial charge >= 0.3 is 0 Å². The van der Waals surface area contributed by atoms with E-state index in [1.807, 2.05) is 72.8 Å². The third-order valence-electron chi connectivity index (χ3n) is 16.6. The second-order valence-corrected chi connectivity index (χ2v) is 21.2. The van der Waals surface area contributed by atoms with Gasteiger partial charge in [-0.15, -0.1) is 0 Å². The second-order valence-electron chi connectivity index (χ2n) is 21.2. The highest BCUT2D eigenvalue weighted by atomic mass is 16.4. The lowest BCUT2D eigenvalue weighted by Crippen LogP contribution is -2.29. The molecule has 0 fully saturated rings. The molecule has 8 nitrogen and oxygen atoms in total. The summed E-state index contributed by atoms with van der Waals surface area (Å²) in [5.41, 5.74) is 20.2. The molecule has 0 spiro atoms. The molecule has 16 aromatic rings. The fourth-order valence-electron chi connectivity index (χ4n) is 12.8. The van der Waals surface area contributed by atoms with Gasteiger partial charge in [0.05, 0.1) is 5.41 Å². The Labute approximate surface area is 476 Å². The van der Waals surface area contributed by atoms with Crippen molar-refractivity contribution in [2.24, 2.45) is 0 Å². The van der Waals surface area contributed by atoms with Gasteiger partial charge in [0, 0.05) is 78.9 Å². The minimum atomic E-state index is -0.782. The lowest BCUT2D eigenvalue weighted by atomic mass is 9.67. The number of oxazole rings is 2. The molecule has 0 bridgehead atoms. The van der Waals surface area contributed by atoms with Crippen LogP contribution in [0.2, 0.25) is 0 Å². The van der Waals surface area contributed by atoms with Gasteiger partial charge in [0.1, 0.15) is 33.4 Å². The zero-order valence-corrected chi connectivity index (χ0v) is 44.5. The first kappa shape index (κ1) is 46.7. The quantitative estimate of drug-likeness (QED) is 0.134. The Kier molecular flexibility index (Phi) is 10.4. The maximum atomic E-state index is 6.59. The van der Waals surface area contributed by atoms with Crippen molar-refractivity contribution in [3.05, 3.63) is 301 Å². The standard InChI is InChI=1S/C75H46N4O4/c1-3-15-49(16-4-1)75(50-17-5-2-6-18-50)63-43-53(78(55-37-41-61-59-19-7-11-23-67(59)80-71(61)45-55)51-31-27-47(28-32-51)73-76-65-21-9-13-25-69(65)82-73)35-39-57(63)58-40-36-54(44-64(58)75)79(56-38-42-62-60-20-8-12-24-68(60)81-72(62)46-56)52-33-29-48(30-34-52)74-77-66-22-10-14-26-70(66)83-74/h1-46H. The summed E-state index contributed by atoms with van der Waals surface area (Å²) in [5.74, 6) is 1.15. The highest BCUT2D eigenvalue weighted by Gasteiger charge is 2.47. The van der Waals surface area contributed by atoms with Crippen LogP contribution in [0.5, 0.6) is 0 Å². The van der Waals surface area contributed by atoms with Crippen molar-refractivity contribution in [3.8, 4) is 34.0 Å². The van der Waals surface area contributed by atoms with Crippen LogP contribution in [0.25, 0.3) is 100 Å². The fraction of sp³-hybridized carbons (Fsp3) is 0.0133. The highest BCUT2D eigenvalue weighted by Crippen LogP contribution is 2.59. The van der Waals surface area contributed by atoms with Crippen LogP contribution in [0.15, 0.2) is 297 Å². The molecular weight excluding hydrogens is 1020 g/mol. The zero-order chi connectivity index (χ0) is 54.6. The van der Waals surface area contributed by atoms with Gasteiger partial charge in [-0.05, 0) is 167 Å². The van der Waals surface area contributed by atoms with Crippen LogP contribution in [0, 0.1) is 0 Å². The summed E-state index contributed by atoms with van der Waals surface area (Å²) < 4.78 is 25.7. The molecule has 4 aromatic heterocycles. The van der Waals surface area contributed by atoms with E-state index >= 15 is 0 Å². The first-order valence-corrected chi connectivity index (χ1v) is 27.8. The summed E-state index contributed by atoms with van der Waals surface area (Å²) in [5, 5.41) is 4.29. The molecule has 0 unspecified atom stereocenters. The Morgan fingerprint density at radius 2 is 0.614 bits per heavy atom. The molecule has 8 heteroatoms. The van der Waals surface area contributed by atoms with E-state index in [4.69, 9.17) is 27.6 Å². The summed E-state index contributed by atoms with van der Waals surface area (Å²) in [4.78, 5) is 14.4. The number of para-hydroxylation sites is 6. The Morgan fingerprint density at radius 3 is 1.05 bits per heavy atom. The Bertz CT molecular complexity index is 4780. The van der Waals surface area contributed by atoms with Gasteiger partial charge in [-0.1, -0.05) is 133 Å². The Balaban J connectivity index is 0.862. The number of hydrogen-bond acceptors (Lipinski definition) is 8. The van der Waals surface area contributed by atoms with Crippen molar-refractivity contribution in [2.45, 2.75) is 5.41 Å². The van der Waals surface area contributed by atoms with Gasteiger partial charge in [-0.3, -0.25) is 0 Å². The monoisotopic (exact) mass is 1070 g/mol. The number of fused-ring (bicyclic) bond motifs is 11. The average molecular weight is 1070 g/mol. The molecule has 1 aliphatic carbocycles. The predicted molar refractivity (Wildman–Crippen MR) is 334 cm³/mol. The van der Waals surface area contributed by atoms with E-state index in [2.05, 4.69) is 216 Å². The summed E-state index contributed by atoms with van der Waals surface area (Å²) >= 11 is 0. The summed E-state index contributed by atoms with van der Waals surface area (Å²) in [6, 6.07) is 98.2. The molecule has 0 saturated carbocycles. The van der Waals surface area contributed by atoms with Crippen LogP contribution < -0.4 is 9.80 Å². The zero-order valence-electron chi connectivity index (χ0n) is 44.5. The molecule has 1 aliphatic rings. The second kappa shape index (κ2) is 18.4. The first-order valence-electron chi connectivity index (χ1n) is 27.8. The topological polar surface area (TPSA) is 84.8 Å². The largest absolute Gasteiger partial charge is 0.456 e. The molecule has 83 heavy (non-hydrogen) atoms. The van der Waals surface area contributed by atoms with Crippen LogP contribution in [-0.2, 0) is 5.41 Å². The Morgan fingerprint density at radius 1 is 0.265 bits per heavy atom. The van der Waals surface area contributed by atoms with Crippen LogP contribution in [0.3, 0.4) is 0 Å². The molecule has 390 valence electrons. The lowest BCUT2D eigenvalue weighted by Gasteiger charge is -2.35. The summed E-state index contributed by atoms with van der Waals surface area (Å²) in [6.07, 6.45) is 0. The molecule has 0 amide bonds. The molecule has 0 saturated heterocycles. The maximum Gasteiger partial charge on any atom is 0.227 e. The maximum absolute atomic E-state index is 6.59. The van der Waals surface area contributed by atoms with E-state index in [9.17, 15) is 0 Å². The van der Waals surface area contributed by atoms with Gasteiger partial charge in [0.15, 0.2) is 11.2 Å². The number of aromatic nitrogens is 2. The number of anilines is 6. The van der Waals surface area contributed by atoms with E-state index in [0.29, 0.717) is 11.8 Å². The normalized spacial score (nSPS) is 12.7. The number of hydrogen-bond donors (Lipinski definition) is 0. The lowest BCUT2D eigenvalue weighted by molar-refractivity contribution is 0.619. The van der Waals surface area contributed by atoms with Gasteiger partial charge in [0.25, 0.3) is 0 Å². The van der Waals surface area contributed by atoms with Crippen molar-refractivity contribution in [2.75, 3.05) is 9.80 Å². The smallest absolute Gasteiger partial charge is 0.227 e. The number of furan rings is 2. The van der Waals surface area contributed by atoms with Crippen LogP contribution in [0.1, 0.15) is 22.3 Å². The van der Waals surface area contributed by atoms with Crippen LogP contribution in [0.4, 0.5) is 34.1 Å². The number of benzene rings is 12. The molecule has 0 radical (unpaired) electrons. The minimum Gasteiger partial charge on any atom is -0.456 e. The summed E-state index contributed by atoms with van der Waals surface area (Å²) in [6.45, 7) is 0. The van der Waals surface area contributed by atoms with Crippen LogP contribution >= 0.6 is 0 Å². The van der Waals surface area contributed by atoms with Crippen molar-refractivity contribution in [3.63, 3.8) is 0 Å². The van der Waals surface area contributed by atoms with Crippen molar-refractivity contribution >= 4 is 100 Å². The third kappa shape index (κ3) is 7.40. The van der Waals surface area contributed by atoms with E-state index in [-0.39, 0.29) is 0 Å². The number of nitrogens with zero attached hydrogens (tertiary/aromatic N) is 4. The molecular formula is C75H46N4O4. The molecule has 0 N–H and O–H groups in total.